The predicted molar refractivity (Wildman–Crippen MR) is 66.8 cm³/mol. The second-order valence-corrected chi connectivity index (χ2v) is 6.70. The van der Waals surface area contributed by atoms with E-state index in [0.717, 1.165) is 12.8 Å². The number of hydrogen-bond acceptors (Lipinski definition) is 4. The Morgan fingerprint density at radius 1 is 1.65 bits per heavy atom. The first-order valence-electron chi connectivity index (χ1n) is 5.44. The zero-order valence-electron chi connectivity index (χ0n) is 9.44. The summed E-state index contributed by atoms with van der Waals surface area (Å²) in [6.07, 6.45) is 2.18. The molecule has 1 heterocycles. The van der Waals surface area contributed by atoms with E-state index in [2.05, 4.69) is 20.7 Å². The van der Waals surface area contributed by atoms with Gasteiger partial charge < -0.3 is 10.2 Å². The highest BCUT2D eigenvalue weighted by Crippen LogP contribution is 2.34. The van der Waals surface area contributed by atoms with Gasteiger partial charge in [-0.2, -0.15) is 0 Å². The minimum atomic E-state index is -3.53. The monoisotopic (exact) mass is 322 g/mol. The third-order valence-corrected chi connectivity index (χ3v) is 5.28. The maximum Gasteiger partial charge on any atom is 0.245 e. The van der Waals surface area contributed by atoms with Crippen LogP contribution in [0.4, 0.5) is 0 Å². The smallest absolute Gasteiger partial charge is 0.245 e. The molecule has 17 heavy (non-hydrogen) atoms. The fraction of sp³-hybridized carbons (Fsp3) is 0.600. The van der Waals surface area contributed by atoms with E-state index in [9.17, 15) is 8.42 Å². The van der Waals surface area contributed by atoms with Gasteiger partial charge in [0.05, 0.1) is 6.54 Å². The number of sulfonamides is 1. The lowest BCUT2D eigenvalue weighted by Gasteiger charge is -2.12. The average Bonchev–Trinajstić information content (AvgIpc) is 3.01. The molecule has 0 amide bonds. The zero-order chi connectivity index (χ0) is 12.6. The van der Waals surface area contributed by atoms with Crippen LogP contribution in [0.2, 0.25) is 0 Å². The van der Waals surface area contributed by atoms with Crippen molar-refractivity contribution in [2.24, 2.45) is 11.7 Å². The Bertz CT molecular complexity index is 508. The van der Waals surface area contributed by atoms with Crippen LogP contribution >= 0.6 is 15.9 Å². The Kier molecular flexibility index (Phi) is 3.63. The molecule has 96 valence electrons. The predicted octanol–water partition coefficient (Wildman–Crippen LogP) is 1.58. The van der Waals surface area contributed by atoms with Crippen LogP contribution in [0.1, 0.15) is 25.5 Å². The van der Waals surface area contributed by atoms with Gasteiger partial charge in [0.1, 0.15) is 10.7 Å². The molecule has 5 nitrogen and oxygen atoms in total. The molecule has 3 N–H and O–H groups in total. The van der Waals surface area contributed by atoms with Gasteiger partial charge in [-0.1, -0.05) is 0 Å². The Morgan fingerprint density at radius 3 is 2.76 bits per heavy atom. The van der Waals surface area contributed by atoms with E-state index in [0.29, 0.717) is 11.7 Å². The van der Waals surface area contributed by atoms with Crippen molar-refractivity contribution < 1.29 is 12.8 Å². The molecule has 0 radical (unpaired) electrons. The number of nitrogens with two attached hydrogens (primary N) is 1. The average molecular weight is 323 g/mol. The summed E-state index contributed by atoms with van der Waals surface area (Å²) in [5.41, 5.74) is 5.40. The van der Waals surface area contributed by atoms with E-state index < -0.39 is 10.0 Å². The highest BCUT2D eigenvalue weighted by Gasteiger charge is 2.32. The van der Waals surface area contributed by atoms with Crippen molar-refractivity contribution in [3.8, 4) is 0 Å². The highest BCUT2D eigenvalue weighted by molar-refractivity contribution is 9.10. The van der Waals surface area contributed by atoms with Crippen molar-refractivity contribution in [3.63, 3.8) is 0 Å². The molecule has 0 saturated heterocycles. The van der Waals surface area contributed by atoms with E-state index in [1.54, 1.807) is 0 Å². The standard InChI is InChI=1S/C10H15BrN2O3S/c1-6(7-2-3-7)13-17(14,15)9-4-8(5-12)16-10(9)11/h4,6-7,13H,2-3,5,12H2,1H3. The second-order valence-electron chi connectivity index (χ2n) is 4.30. The maximum absolute atomic E-state index is 12.1. The second kappa shape index (κ2) is 4.72. The number of nitrogens with one attached hydrogen (secondary N) is 1. The first-order chi connectivity index (χ1) is 7.94. The van der Waals surface area contributed by atoms with Crippen LogP contribution in [0.5, 0.6) is 0 Å². The molecular formula is C10H15BrN2O3S. The topological polar surface area (TPSA) is 85.3 Å². The van der Waals surface area contributed by atoms with Gasteiger partial charge in [0.15, 0.2) is 4.67 Å². The Balaban J connectivity index is 2.20. The number of halogens is 1. The number of rotatable bonds is 5. The van der Waals surface area contributed by atoms with Crippen LogP contribution in [0.25, 0.3) is 0 Å². The fourth-order valence-electron chi connectivity index (χ4n) is 1.68. The molecule has 0 aromatic carbocycles. The summed E-state index contributed by atoms with van der Waals surface area (Å²) in [4.78, 5) is 0.116. The van der Waals surface area contributed by atoms with Crippen LogP contribution < -0.4 is 10.5 Å². The van der Waals surface area contributed by atoms with E-state index in [1.165, 1.54) is 6.07 Å². The maximum atomic E-state index is 12.1. The zero-order valence-corrected chi connectivity index (χ0v) is 11.8. The summed E-state index contributed by atoms with van der Waals surface area (Å²) >= 11 is 3.09. The van der Waals surface area contributed by atoms with Gasteiger partial charge in [-0.25, -0.2) is 13.1 Å². The van der Waals surface area contributed by atoms with Crippen LogP contribution in [0, 0.1) is 5.92 Å². The van der Waals surface area contributed by atoms with Gasteiger partial charge in [-0.15, -0.1) is 0 Å². The molecule has 1 aromatic rings. The van der Waals surface area contributed by atoms with E-state index in [1.807, 2.05) is 6.92 Å². The molecule has 2 rings (SSSR count). The molecule has 1 aliphatic carbocycles. The molecule has 1 fully saturated rings. The number of hydrogen-bond donors (Lipinski definition) is 2. The molecule has 0 spiro atoms. The van der Waals surface area contributed by atoms with Gasteiger partial charge in [0, 0.05) is 12.1 Å². The summed E-state index contributed by atoms with van der Waals surface area (Å²) in [5.74, 6) is 0.903. The molecule has 1 saturated carbocycles. The van der Waals surface area contributed by atoms with Crippen LogP contribution in [-0.2, 0) is 16.6 Å². The van der Waals surface area contributed by atoms with Crippen molar-refractivity contribution >= 4 is 26.0 Å². The summed E-state index contributed by atoms with van der Waals surface area (Å²) < 4.78 is 32.2. The first-order valence-corrected chi connectivity index (χ1v) is 7.72. The number of furan rings is 1. The van der Waals surface area contributed by atoms with Crippen LogP contribution in [-0.4, -0.2) is 14.5 Å². The summed E-state index contributed by atoms with van der Waals surface area (Å²) in [7, 11) is -3.53. The van der Waals surface area contributed by atoms with Gasteiger partial charge in [0.2, 0.25) is 10.0 Å². The Morgan fingerprint density at radius 2 is 2.29 bits per heavy atom. The van der Waals surface area contributed by atoms with Crippen molar-refractivity contribution in [1.82, 2.24) is 4.72 Å². The fourth-order valence-corrected chi connectivity index (χ4v) is 3.99. The van der Waals surface area contributed by atoms with E-state index >= 15 is 0 Å². The van der Waals surface area contributed by atoms with Crippen molar-refractivity contribution in [2.45, 2.75) is 37.2 Å². The summed E-state index contributed by atoms with van der Waals surface area (Å²) in [6.45, 7) is 2.05. The summed E-state index contributed by atoms with van der Waals surface area (Å²) in [5, 5.41) is 0. The first kappa shape index (κ1) is 13.1. The van der Waals surface area contributed by atoms with Crippen LogP contribution in [0.3, 0.4) is 0 Å². The molecule has 1 unspecified atom stereocenters. The third kappa shape index (κ3) is 2.90. The largest absolute Gasteiger partial charge is 0.452 e. The molecule has 1 aliphatic rings. The van der Waals surface area contributed by atoms with Gasteiger partial charge in [-0.3, -0.25) is 0 Å². The van der Waals surface area contributed by atoms with Gasteiger partial charge in [-0.05, 0) is 41.6 Å². The minimum absolute atomic E-state index is 0.0388. The van der Waals surface area contributed by atoms with Crippen molar-refractivity contribution in [3.05, 3.63) is 16.5 Å². The van der Waals surface area contributed by atoms with E-state index in [-0.39, 0.29) is 22.2 Å². The highest BCUT2D eigenvalue weighted by atomic mass is 79.9. The van der Waals surface area contributed by atoms with Crippen molar-refractivity contribution in [1.29, 1.82) is 0 Å². The lowest BCUT2D eigenvalue weighted by molar-refractivity contribution is 0.482. The molecule has 0 aliphatic heterocycles. The lowest BCUT2D eigenvalue weighted by Crippen LogP contribution is -2.33. The Hall–Kier alpha value is -0.370. The van der Waals surface area contributed by atoms with Gasteiger partial charge >= 0.3 is 0 Å². The molecule has 7 heteroatoms. The van der Waals surface area contributed by atoms with E-state index in [4.69, 9.17) is 10.2 Å². The lowest BCUT2D eigenvalue weighted by atomic mass is 10.2. The van der Waals surface area contributed by atoms with Gasteiger partial charge in [0.25, 0.3) is 0 Å². The normalized spacial score (nSPS) is 18.3. The van der Waals surface area contributed by atoms with Crippen LogP contribution in [0.15, 0.2) is 20.0 Å². The molecule has 1 atom stereocenters. The quantitative estimate of drug-likeness (QED) is 0.861. The molecule has 0 bridgehead atoms. The molecular weight excluding hydrogens is 308 g/mol. The SMILES string of the molecule is CC(NS(=O)(=O)c1cc(CN)oc1Br)C1CC1. The summed E-state index contributed by atoms with van der Waals surface area (Å²) in [6, 6.07) is 1.41. The third-order valence-electron chi connectivity index (χ3n) is 2.87. The Labute approximate surface area is 109 Å². The van der Waals surface area contributed by atoms with Crippen molar-refractivity contribution in [2.75, 3.05) is 0 Å². The minimum Gasteiger partial charge on any atom is -0.452 e. The molecule has 1 aromatic heterocycles.